The van der Waals surface area contributed by atoms with Crippen molar-refractivity contribution < 1.29 is 22.8 Å². The average molecular weight is 435 g/mol. The molecule has 0 radical (unpaired) electrons. The monoisotopic (exact) mass is 435 g/mol. The first kappa shape index (κ1) is 22.7. The molecule has 0 amide bonds. The van der Waals surface area contributed by atoms with Crippen molar-refractivity contribution in [2.75, 3.05) is 10.6 Å². The molecule has 0 spiro atoms. The third-order valence-electron chi connectivity index (χ3n) is 5.66. The standard InChI is InChI=1S/C21H26F3N6O/c1-13-8-17(21(22,23)24)15(12-30(13)3)11-27-19-26-10-14(9-25)18(29-19)28-16-4-6-20(2,31)7-5-16/h8,10,12,16,31H,4-7,11H2,1-3H3,(H2,26,27,28,29)/q+1. The van der Waals surface area contributed by atoms with Gasteiger partial charge in [-0.2, -0.15) is 23.4 Å². The van der Waals surface area contributed by atoms with E-state index in [0.717, 1.165) is 18.9 Å². The molecule has 1 fully saturated rings. The molecule has 1 aliphatic carbocycles. The van der Waals surface area contributed by atoms with Crippen molar-refractivity contribution in [3.05, 3.63) is 40.8 Å². The highest BCUT2D eigenvalue weighted by molar-refractivity contribution is 5.54. The summed E-state index contributed by atoms with van der Waals surface area (Å²) in [5, 5.41) is 25.5. The van der Waals surface area contributed by atoms with Crippen molar-refractivity contribution in [1.29, 1.82) is 5.26 Å². The van der Waals surface area contributed by atoms with Crippen molar-refractivity contribution >= 4 is 11.8 Å². The zero-order valence-corrected chi connectivity index (χ0v) is 17.7. The van der Waals surface area contributed by atoms with Crippen LogP contribution < -0.4 is 15.2 Å². The maximum Gasteiger partial charge on any atom is 0.417 e. The minimum Gasteiger partial charge on any atom is -0.390 e. The molecule has 1 aliphatic rings. The van der Waals surface area contributed by atoms with E-state index >= 15 is 0 Å². The molecule has 10 heteroatoms. The lowest BCUT2D eigenvalue weighted by atomic mass is 9.83. The predicted molar refractivity (Wildman–Crippen MR) is 108 cm³/mol. The predicted octanol–water partition coefficient (Wildman–Crippen LogP) is 3.22. The van der Waals surface area contributed by atoms with Gasteiger partial charge in [-0.05, 0) is 32.6 Å². The number of anilines is 2. The number of pyridine rings is 1. The van der Waals surface area contributed by atoms with Crippen LogP contribution in [0.5, 0.6) is 0 Å². The first-order valence-electron chi connectivity index (χ1n) is 10.0. The van der Waals surface area contributed by atoms with Crippen molar-refractivity contribution in [1.82, 2.24) is 9.97 Å². The molecule has 0 aromatic carbocycles. The Balaban J connectivity index is 1.77. The minimum absolute atomic E-state index is 0.0445. The number of nitriles is 1. The van der Waals surface area contributed by atoms with Gasteiger partial charge >= 0.3 is 6.18 Å². The van der Waals surface area contributed by atoms with Crippen LogP contribution in [-0.4, -0.2) is 26.7 Å². The van der Waals surface area contributed by atoms with Crippen molar-refractivity contribution in [3.63, 3.8) is 0 Å². The van der Waals surface area contributed by atoms with Gasteiger partial charge in [0.1, 0.15) is 24.5 Å². The number of nitrogens with zero attached hydrogens (tertiary/aromatic N) is 4. The molecule has 0 aliphatic heterocycles. The van der Waals surface area contributed by atoms with E-state index < -0.39 is 17.3 Å². The molecule has 0 bridgehead atoms. The van der Waals surface area contributed by atoms with Gasteiger partial charge in [-0.1, -0.05) is 0 Å². The molecule has 0 unspecified atom stereocenters. The molecule has 0 saturated heterocycles. The second-order valence-electron chi connectivity index (χ2n) is 8.30. The van der Waals surface area contributed by atoms with Crippen LogP contribution in [0.3, 0.4) is 0 Å². The second kappa shape index (κ2) is 8.67. The summed E-state index contributed by atoms with van der Waals surface area (Å²) < 4.78 is 41.9. The molecule has 2 aromatic rings. The van der Waals surface area contributed by atoms with Crippen LogP contribution in [0.4, 0.5) is 24.9 Å². The summed E-state index contributed by atoms with van der Waals surface area (Å²) in [5.74, 6) is 0.456. The number of aryl methyl sites for hydroxylation is 2. The fourth-order valence-electron chi connectivity index (χ4n) is 3.62. The van der Waals surface area contributed by atoms with Gasteiger partial charge in [-0.15, -0.1) is 0 Å². The van der Waals surface area contributed by atoms with E-state index in [1.807, 2.05) is 6.07 Å². The summed E-state index contributed by atoms with van der Waals surface area (Å²) in [6, 6.07) is 3.19. The van der Waals surface area contributed by atoms with Gasteiger partial charge in [-0.25, -0.2) is 9.55 Å². The summed E-state index contributed by atoms with van der Waals surface area (Å²) in [5.41, 5.74) is -0.590. The Labute approximate surface area is 179 Å². The number of rotatable bonds is 5. The summed E-state index contributed by atoms with van der Waals surface area (Å²) in [6.45, 7) is 3.29. The quantitative estimate of drug-likeness (QED) is 0.624. The summed E-state index contributed by atoms with van der Waals surface area (Å²) in [7, 11) is 1.68. The molecule has 2 heterocycles. The fourth-order valence-corrected chi connectivity index (χ4v) is 3.62. The summed E-state index contributed by atoms with van der Waals surface area (Å²) >= 11 is 0. The van der Waals surface area contributed by atoms with E-state index in [0.29, 0.717) is 24.4 Å². The number of alkyl halides is 3. The molecular formula is C21H26F3N6O+. The highest BCUT2D eigenvalue weighted by Gasteiger charge is 2.35. The van der Waals surface area contributed by atoms with E-state index in [4.69, 9.17) is 0 Å². The van der Waals surface area contributed by atoms with E-state index in [9.17, 15) is 23.5 Å². The second-order valence-corrected chi connectivity index (χ2v) is 8.30. The number of hydrogen-bond donors (Lipinski definition) is 3. The zero-order chi connectivity index (χ0) is 22.8. The Hall–Kier alpha value is -2.93. The zero-order valence-electron chi connectivity index (χ0n) is 17.7. The fraction of sp³-hybridized carbons (Fsp3) is 0.524. The van der Waals surface area contributed by atoms with Gasteiger partial charge in [-0.3, -0.25) is 0 Å². The summed E-state index contributed by atoms with van der Waals surface area (Å²) in [4.78, 5) is 8.37. The number of halogens is 3. The Morgan fingerprint density at radius 3 is 2.65 bits per heavy atom. The van der Waals surface area contributed by atoms with Crippen LogP contribution in [0.2, 0.25) is 0 Å². The first-order chi connectivity index (χ1) is 14.5. The van der Waals surface area contributed by atoms with Crippen molar-refractivity contribution in [3.8, 4) is 6.07 Å². The molecule has 1 saturated carbocycles. The van der Waals surface area contributed by atoms with Crippen LogP contribution in [0, 0.1) is 18.3 Å². The van der Waals surface area contributed by atoms with E-state index in [1.165, 1.54) is 12.4 Å². The van der Waals surface area contributed by atoms with Gasteiger partial charge < -0.3 is 15.7 Å². The SMILES string of the molecule is Cc1cc(C(F)(F)F)c(CNc2ncc(C#N)c(NC3CCC(C)(O)CC3)n2)c[n+]1C. The lowest BCUT2D eigenvalue weighted by molar-refractivity contribution is -0.678. The van der Waals surface area contributed by atoms with E-state index in [1.54, 1.807) is 25.5 Å². The Kier molecular flexibility index (Phi) is 6.36. The molecule has 31 heavy (non-hydrogen) atoms. The average Bonchev–Trinajstić information content (AvgIpc) is 2.69. The van der Waals surface area contributed by atoms with Crippen LogP contribution in [-0.2, 0) is 19.8 Å². The largest absolute Gasteiger partial charge is 0.417 e. The normalized spacial score (nSPS) is 21.4. The van der Waals surface area contributed by atoms with Gasteiger partial charge in [0.25, 0.3) is 0 Å². The molecule has 3 rings (SSSR count). The van der Waals surface area contributed by atoms with Crippen molar-refractivity contribution in [2.24, 2.45) is 7.05 Å². The van der Waals surface area contributed by atoms with Gasteiger partial charge in [0.15, 0.2) is 11.9 Å². The minimum atomic E-state index is -4.48. The number of nitrogens with one attached hydrogen (secondary N) is 2. The van der Waals surface area contributed by atoms with Crippen LogP contribution in [0.15, 0.2) is 18.5 Å². The Bertz CT molecular complexity index is 990. The smallest absolute Gasteiger partial charge is 0.390 e. The highest BCUT2D eigenvalue weighted by atomic mass is 19.4. The topological polar surface area (TPSA) is 97.7 Å². The van der Waals surface area contributed by atoms with Crippen LogP contribution in [0.25, 0.3) is 0 Å². The van der Waals surface area contributed by atoms with Crippen molar-refractivity contribution in [2.45, 2.75) is 63.9 Å². The van der Waals surface area contributed by atoms with Gasteiger partial charge in [0.05, 0.1) is 17.4 Å². The molecule has 3 N–H and O–H groups in total. The molecule has 2 aromatic heterocycles. The first-order valence-corrected chi connectivity index (χ1v) is 10.0. The number of aromatic nitrogens is 3. The Morgan fingerprint density at radius 1 is 1.35 bits per heavy atom. The maximum absolute atomic E-state index is 13.4. The van der Waals surface area contributed by atoms with E-state index in [2.05, 4.69) is 20.6 Å². The molecular weight excluding hydrogens is 409 g/mol. The summed E-state index contributed by atoms with van der Waals surface area (Å²) in [6.07, 6.45) is 1.01. The van der Waals surface area contributed by atoms with Gasteiger partial charge in [0.2, 0.25) is 5.95 Å². The van der Waals surface area contributed by atoms with Crippen LogP contribution in [0.1, 0.15) is 55.0 Å². The lowest BCUT2D eigenvalue weighted by Crippen LogP contribution is -2.36. The number of hydrogen-bond acceptors (Lipinski definition) is 6. The third kappa shape index (κ3) is 5.61. The third-order valence-corrected chi connectivity index (χ3v) is 5.66. The van der Waals surface area contributed by atoms with E-state index in [-0.39, 0.29) is 29.7 Å². The molecule has 0 atom stereocenters. The number of aliphatic hydroxyl groups is 1. The molecule has 7 nitrogen and oxygen atoms in total. The Morgan fingerprint density at radius 2 is 2.03 bits per heavy atom. The molecule has 166 valence electrons. The highest BCUT2D eigenvalue weighted by Crippen LogP contribution is 2.32. The van der Waals surface area contributed by atoms with Gasteiger partial charge in [0, 0.05) is 31.1 Å². The lowest BCUT2D eigenvalue weighted by Gasteiger charge is -2.33. The maximum atomic E-state index is 13.4. The van der Waals surface area contributed by atoms with Crippen LogP contribution >= 0.6 is 0 Å².